The Labute approximate surface area is 199 Å². The van der Waals surface area contributed by atoms with E-state index in [9.17, 15) is 14.1 Å². The molecule has 180 valence electrons. The Morgan fingerprint density at radius 3 is 2.52 bits per heavy atom. The monoisotopic (exact) mass is 478 g/mol. The number of hydrogen-bond acceptors (Lipinski definition) is 5. The summed E-state index contributed by atoms with van der Waals surface area (Å²) in [6.45, 7) is 9.81. The number of halogens is 2. The third kappa shape index (κ3) is 7.17. The summed E-state index contributed by atoms with van der Waals surface area (Å²) in [7, 11) is 0. The fraction of sp³-hybridized carbons (Fsp3) is 0.440. The first-order valence-electron chi connectivity index (χ1n) is 11.2. The Hall–Kier alpha value is -2.64. The highest BCUT2D eigenvalue weighted by Gasteiger charge is 2.31. The predicted octanol–water partition coefficient (Wildman–Crippen LogP) is 6.43. The molecule has 0 aliphatic carbocycles. The summed E-state index contributed by atoms with van der Waals surface area (Å²) in [4.78, 5) is 27.2. The van der Waals surface area contributed by atoms with Gasteiger partial charge in [0.2, 0.25) is 5.91 Å². The molecule has 0 radical (unpaired) electrons. The molecule has 0 saturated carbocycles. The van der Waals surface area contributed by atoms with Crippen LogP contribution in [0.15, 0.2) is 36.4 Å². The van der Waals surface area contributed by atoms with Gasteiger partial charge in [0.25, 0.3) is 0 Å². The average Bonchev–Trinajstić information content (AvgIpc) is 3.16. The van der Waals surface area contributed by atoms with E-state index in [-0.39, 0.29) is 30.3 Å². The summed E-state index contributed by atoms with van der Waals surface area (Å²) in [6, 6.07) is 11.2. The van der Waals surface area contributed by atoms with E-state index in [1.807, 2.05) is 37.3 Å². The van der Waals surface area contributed by atoms with Crippen LogP contribution in [0.2, 0.25) is 5.02 Å². The molecule has 3 rings (SSSR count). The number of anilines is 1. The molecule has 0 fully saturated rings. The van der Waals surface area contributed by atoms with Gasteiger partial charge in [-0.2, -0.15) is 0 Å². The van der Waals surface area contributed by atoms with Crippen LogP contribution in [0.25, 0.3) is 0 Å². The summed E-state index contributed by atoms with van der Waals surface area (Å²) in [5.41, 5.74) is 3.35. The SMILES string of the molecule is CCC(=O)Nc1ccc(Cl)cc1[C@@H](c1cccc2c1ON(F)C2)C(C)CC.CCOC(C)=O. The molecule has 1 heterocycles. The molecule has 2 atom stereocenters. The molecule has 1 N–H and O–H groups in total. The number of nitrogens with zero attached hydrogens (tertiary/aromatic N) is 1. The lowest BCUT2D eigenvalue weighted by Crippen LogP contribution is -2.17. The van der Waals surface area contributed by atoms with E-state index in [1.165, 1.54) is 6.92 Å². The van der Waals surface area contributed by atoms with Gasteiger partial charge in [0.05, 0.1) is 13.2 Å². The second-order valence-electron chi connectivity index (χ2n) is 7.82. The van der Waals surface area contributed by atoms with E-state index in [1.54, 1.807) is 13.0 Å². The number of ether oxygens (including phenoxy) is 1. The number of fused-ring (bicyclic) bond motifs is 1. The molecule has 1 aliphatic heterocycles. The van der Waals surface area contributed by atoms with Crippen molar-refractivity contribution in [3.63, 3.8) is 0 Å². The highest BCUT2D eigenvalue weighted by Crippen LogP contribution is 2.45. The number of nitrogens with one attached hydrogen (secondary N) is 1. The van der Waals surface area contributed by atoms with Gasteiger partial charge < -0.3 is 14.9 Å². The van der Waals surface area contributed by atoms with Gasteiger partial charge in [-0.15, -0.1) is 0 Å². The fourth-order valence-electron chi connectivity index (χ4n) is 3.71. The maximum atomic E-state index is 13.7. The summed E-state index contributed by atoms with van der Waals surface area (Å²) in [5.74, 6) is 0.410. The predicted molar refractivity (Wildman–Crippen MR) is 128 cm³/mol. The first-order chi connectivity index (χ1) is 15.7. The zero-order valence-electron chi connectivity index (χ0n) is 19.8. The number of esters is 1. The maximum Gasteiger partial charge on any atom is 0.302 e. The van der Waals surface area contributed by atoms with Crippen molar-refractivity contribution in [2.45, 2.75) is 59.9 Å². The fourth-order valence-corrected chi connectivity index (χ4v) is 3.89. The minimum absolute atomic E-state index is 0.0639. The van der Waals surface area contributed by atoms with Crippen LogP contribution in [0, 0.1) is 5.92 Å². The molecular weight excluding hydrogens is 447 g/mol. The molecule has 0 saturated heterocycles. The Bertz CT molecular complexity index is 969. The Morgan fingerprint density at radius 2 is 1.94 bits per heavy atom. The van der Waals surface area contributed by atoms with Crippen LogP contribution in [0.1, 0.15) is 70.1 Å². The van der Waals surface area contributed by atoms with E-state index in [0.717, 1.165) is 28.8 Å². The number of hydrogen-bond donors (Lipinski definition) is 1. The van der Waals surface area contributed by atoms with Crippen LogP contribution in [-0.4, -0.2) is 23.8 Å². The minimum Gasteiger partial charge on any atom is -0.466 e. The van der Waals surface area contributed by atoms with Crippen LogP contribution < -0.4 is 10.2 Å². The topological polar surface area (TPSA) is 67.9 Å². The van der Waals surface area contributed by atoms with E-state index >= 15 is 0 Å². The van der Waals surface area contributed by atoms with Gasteiger partial charge in [-0.25, -0.2) is 0 Å². The number of carbonyl (C=O) groups is 2. The van der Waals surface area contributed by atoms with Gasteiger partial charge in [0.1, 0.15) is 0 Å². The lowest BCUT2D eigenvalue weighted by Gasteiger charge is -2.27. The summed E-state index contributed by atoms with van der Waals surface area (Å²) >= 11 is 6.29. The van der Waals surface area contributed by atoms with Crippen LogP contribution in [0.4, 0.5) is 10.2 Å². The van der Waals surface area contributed by atoms with Gasteiger partial charge in [0, 0.05) is 46.4 Å². The highest BCUT2D eigenvalue weighted by molar-refractivity contribution is 6.30. The molecular formula is C25H32ClFN2O4. The number of carbonyl (C=O) groups excluding carboxylic acids is 2. The first-order valence-corrected chi connectivity index (χ1v) is 11.5. The minimum atomic E-state index is -0.211. The Balaban J connectivity index is 0.000000569. The average molecular weight is 479 g/mol. The summed E-state index contributed by atoms with van der Waals surface area (Å²) in [6.07, 6.45) is 1.29. The van der Waals surface area contributed by atoms with Gasteiger partial charge in [-0.3, -0.25) is 9.59 Å². The summed E-state index contributed by atoms with van der Waals surface area (Å²) < 4.78 is 18.1. The van der Waals surface area contributed by atoms with E-state index in [0.29, 0.717) is 29.1 Å². The van der Waals surface area contributed by atoms with Crippen LogP contribution in [0.3, 0.4) is 0 Å². The molecule has 0 spiro atoms. The van der Waals surface area contributed by atoms with E-state index in [4.69, 9.17) is 16.4 Å². The molecule has 0 aromatic heterocycles. The molecule has 1 amide bonds. The normalized spacial score (nSPS) is 14.3. The molecule has 6 nitrogen and oxygen atoms in total. The molecule has 0 bridgehead atoms. The van der Waals surface area contributed by atoms with Gasteiger partial charge >= 0.3 is 5.97 Å². The third-order valence-corrected chi connectivity index (χ3v) is 5.69. The van der Waals surface area contributed by atoms with Crippen LogP contribution in [-0.2, 0) is 20.9 Å². The van der Waals surface area contributed by atoms with Gasteiger partial charge in [-0.05, 0) is 36.6 Å². The summed E-state index contributed by atoms with van der Waals surface area (Å²) in [5, 5.41) is 3.91. The van der Waals surface area contributed by atoms with Crippen LogP contribution >= 0.6 is 11.6 Å². The second kappa shape index (κ2) is 12.6. The Morgan fingerprint density at radius 1 is 1.21 bits per heavy atom. The lowest BCUT2D eigenvalue weighted by molar-refractivity contribution is -0.199. The zero-order chi connectivity index (χ0) is 24.5. The van der Waals surface area contributed by atoms with E-state index in [2.05, 4.69) is 23.9 Å². The van der Waals surface area contributed by atoms with Crippen molar-refractivity contribution in [1.29, 1.82) is 0 Å². The quantitative estimate of drug-likeness (QED) is 0.367. The van der Waals surface area contributed by atoms with Crippen molar-refractivity contribution in [1.82, 2.24) is 5.29 Å². The standard InChI is InChI=1S/C21H24ClFN2O2.C4H8O2/c1-4-13(3)20(16-8-6-7-14-12-25(23)27-21(14)16)17-11-15(22)9-10-18(17)24-19(26)5-2;1-3-6-4(2)5/h6-11,13,20H,4-5,12H2,1-3H3,(H,24,26);3H2,1-2H3/t13?,20-;/m1./s1. The largest absolute Gasteiger partial charge is 0.466 e. The molecule has 8 heteroatoms. The smallest absolute Gasteiger partial charge is 0.302 e. The molecule has 2 aromatic carbocycles. The number of benzene rings is 2. The zero-order valence-corrected chi connectivity index (χ0v) is 20.5. The number of hydroxylamine groups is 1. The van der Waals surface area contributed by atoms with Crippen molar-refractivity contribution in [3.05, 3.63) is 58.1 Å². The highest BCUT2D eigenvalue weighted by atomic mass is 35.5. The van der Waals surface area contributed by atoms with Gasteiger partial charge in [-0.1, -0.05) is 61.5 Å². The second-order valence-corrected chi connectivity index (χ2v) is 8.26. The van der Waals surface area contributed by atoms with Crippen LogP contribution in [0.5, 0.6) is 5.75 Å². The molecule has 1 aliphatic rings. The van der Waals surface area contributed by atoms with Crippen molar-refractivity contribution in [2.24, 2.45) is 5.92 Å². The van der Waals surface area contributed by atoms with Crippen molar-refractivity contribution >= 4 is 29.2 Å². The number of amides is 1. The van der Waals surface area contributed by atoms with Crippen molar-refractivity contribution in [2.75, 3.05) is 11.9 Å². The molecule has 1 unspecified atom stereocenters. The van der Waals surface area contributed by atoms with Gasteiger partial charge in [0.15, 0.2) is 5.75 Å². The third-order valence-electron chi connectivity index (χ3n) is 5.45. The molecule has 33 heavy (non-hydrogen) atoms. The number of para-hydroxylation sites is 1. The first kappa shape index (κ1) is 26.6. The molecule has 2 aromatic rings. The Kier molecular flexibility index (Phi) is 10.1. The van der Waals surface area contributed by atoms with E-state index < -0.39 is 0 Å². The maximum absolute atomic E-state index is 13.7. The van der Waals surface area contributed by atoms with Crippen molar-refractivity contribution < 1.29 is 23.6 Å². The van der Waals surface area contributed by atoms with Crippen molar-refractivity contribution in [3.8, 4) is 5.75 Å². The lowest BCUT2D eigenvalue weighted by atomic mass is 9.78. The number of rotatable bonds is 7.